The number of pyridine rings is 2. The molecule has 1 amide bonds. The molecule has 4 heterocycles. The van der Waals surface area contributed by atoms with Gasteiger partial charge in [0.05, 0.1) is 17.6 Å². The number of sulfonamides is 1. The molecule has 1 N–H and O–H groups in total. The number of piperidine rings is 1. The van der Waals surface area contributed by atoms with Crippen LogP contribution < -0.4 is 9.62 Å². The number of carbonyl (C=O) groups is 1. The molecular formula is C20H23ClN6O3S2. The smallest absolute Gasteiger partial charge is 0.232 e. The lowest BCUT2D eigenvalue weighted by Crippen LogP contribution is -2.46. The van der Waals surface area contributed by atoms with Gasteiger partial charge in [-0.2, -0.15) is 0 Å². The van der Waals surface area contributed by atoms with Crippen molar-refractivity contribution in [3.8, 4) is 11.3 Å². The summed E-state index contributed by atoms with van der Waals surface area (Å²) in [5.74, 6) is -0.203. The normalized spacial score (nSPS) is 15.8. The molecule has 0 atom stereocenters. The molecule has 1 aliphatic heterocycles. The monoisotopic (exact) mass is 494 g/mol. The van der Waals surface area contributed by atoms with Crippen molar-refractivity contribution in [1.82, 2.24) is 19.9 Å². The summed E-state index contributed by atoms with van der Waals surface area (Å²) in [6, 6.07) is 5.12. The lowest BCUT2D eigenvalue weighted by molar-refractivity contribution is -0.114. The third-order valence-corrected chi connectivity index (χ3v) is 7.65. The van der Waals surface area contributed by atoms with Gasteiger partial charge in [0.15, 0.2) is 10.3 Å². The van der Waals surface area contributed by atoms with E-state index in [9.17, 15) is 13.2 Å². The van der Waals surface area contributed by atoms with Crippen molar-refractivity contribution >= 4 is 60.0 Å². The Morgan fingerprint density at radius 3 is 2.66 bits per heavy atom. The van der Waals surface area contributed by atoms with Gasteiger partial charge in [0.2, 0.25) is 15.9 Å². The molecule has 170 valence electrons. The number of rotatable bonds is 5. The molecule has 12 heteroatoms. The molecule has 9 nitrogen and oxygen atoms in total. The van der Waals surface area contributed by atoms with Crippen LogP contribution in [0.3, 0.4) is 0 Å². The number of anilines is 2. The quantitative estimate of drug-likeness (QED) is 0.542. The van der Waals surface area contributed by atoms with Crippen LogP contribution in [0.4, 0.5) is 10.8 Å². The number of thiazole rings is 1. The van der Waals surface area contributed by atoms with Crippen LogP contribution in [0.2, 0.25) is 5.15 Å². The first kappa shape index (κ1) is 22.8. The number of halogens is 1. The van der Waals surface area contributed by atoms with Gasteiger partial charge in [-0.25, -0.2) is 23.4 Å². The van der Waals surface area contributed by atoms with Crippen molar-refractivity contribution in [2.24, 2.45) is 0 Å². The third kappa shape index (κ3) is 4.85. The second-order valence-electron chi connectivity index (χ2n) is 7.85. The maximum Gasteiger partial charge on any atom is 0.232 e. The Morgan fingerprint density at radius 1 is 1.28 bits per heavy atom. The number of nitrogens with zero attached hydrogens (tertiary/aromatic N) is 5. The molecule has 0 aromatic carbocycles. The number of fused-ring (bicyclic) bond motifs is 1. The van der Waals surface area contributed by atoms with Gasteiger partial charge < -0.3 is 10.2 Å². The number of likely N-dealkylation sites (tertiary alicyclic amines) is 1. The lowest BCUT2D eigenvalue weighted by atomic mass is 10.0. The summed E-state index contributed by atoms with van der Waals surface area (Å²) in [5, 5.41) is 3.26. The van der Waals surface area contributed by atoms with Crippen molar-refractivity contribution in [3.63, 3.8) is 0 Å². The molecule has 32 heavy (non-hydrogen) atoms. The lowest BCUT2D eigenvalue weighted by Gasteiger charge is -2.37. The Balaban J connectivity index is 1.73. The van der Waals surface area contributed by atoms with Crippen LogP contribution in [0, 0.1) is 0 Å². The fraction of sp³-hybridized carbons (Fsp3) is 0.400. The number of nitrogens with one attached hydrogen (secondary N) is 1. The van der Waals surface area contributed by atoms with E-state index in [0.717, 1.165) is 13.1 Å². The van der Waals surface area contributed by atoms with Gasteiger partial charge in [0.1, 0.15) is 10.3 Å². The Morgan fingerprint density at radius 2 is 2.00 bits per heavy atom. The fourth-order valence-electron chi connectivity index (χ4n) is 3.79. The summed E-state index contributed by atoms with van der Waals surface area (Å²) in [6.07, 6.45) is 4.19. The van der Waals surface area contributed by atoms with E-state index in [2.05, 4.69) is 25.2 Å². The van der Waals surface area contributed by atoms with Crippen molar-refractivity contribution in [2.75, 3.05) is 36.0 Å². The molecule has 0 saturated carbocycles. The second-order valence-corrected chi connectivity index (χ2v) is 11.0. The van der Waals surface area contributed by atoms with Crippen molar-refractivity contribution in [1.29, 1.82) is 0 Å². The van der Waals surface area contributed by atoms with E-state index in [4.69, 9.17) is 11.6 Å². The number of amides is 1. The molecule has 1 saturated heterocycles. The summed E-state index contributed by atoms with van der Waals surface area (Å²) in [7, 11) is -1.56. The molecule has 0 unspecified atom stereocenters. The minimum absolute atomic E-state index is 0.130. The fourth-order valence-corrected chi connectivity index (χ4v) is 6.17. The molecule has 1 fully saturated rings. The summed E-state index contributed by atoms with van der Waals surface area (Å²) >= 11 is 7.65. The van der Waals surface area contributed by atoms with Gasteiger partial charge in [-0.15, -0.1) is 0 Å². The zero-order valence-electron chi connectivity index (χ0n) is 17.9. The highest BCUT2D eigenvalue weighted by Crippen LogP contribution is 2.35. The first-order chi connectivity index (χ1) is 15.1. The highest BCUT2D eigenvalue weighted by atomic mass is 35.5. The minimum Gasteiger partial charge on any atom is -0.306 e. The number of hydrogen-bond donors (Lipinski definition) is 1. The second kappa shape index (κ2) is 8.89. The molecule has 3 aromatic heterocycles. The Labute approximate surface area is 195 Å². The average Bonchev–Trinajstić information content (AvgIpc) is 3.10. The van der Waals surface area contributed by atoms with E-state index < -0.39 is 10.0 Å². The number of carbonyl (C=O) groups excluding carboxylic acids is 1. The number of hydrogen-bond acceptors (Lipinski definition) is 8. The van der Waals surface area contributed by atoms with Crippen LogP contribution in [-0.2, 0) is 14.8 Å². The maximum atomic E-state index is 12.7. The first-order valence-corrected chi connectivity index (χ1v) is 13.0. The van der Waals surface area contributed by atoms with Gasteiger partial charge in [-0.3, -0.25) is 9.10 Å². The molecule has 3 aromatic rings. The van der Waals surface area contributed by atoms with Gasteiger partial charge >= 0.3 is 0 Å². The van der Waals surface area contributed by atoms with E-state index in [-0.39, 0.29) is 17.1 Å². The summed E-state index contributed by atoms with van der Waals surface area (Å²) in [5.41, 5.74) is 2.26. The van der Waals surface area contributed by atoms with Gasteiger partial charge in [0, 0.05) is 24.7 Å². The van der Waals surface area contributed by atoms with Crippen LogP contribution >= 0.6 is 22.9 Å². The zero-order valence-corrected chi connectivity index (χ0v) is 20.3. The molecule has 0 aliphatic carbocycles. The van der Waals surface area contributed by atoms with E-state index in [0.29, 0.717) is 45.3 Å². The van der Waals surface area contributed by atoms with Crippen molar-refractivity contribution in [3.05, 3.63) is 29.5 Å². The van der Waals surface area contributed by atoms with E-state index >= 15 is 0 Å². The Hall–Kier alpha value is -2.34. The van der Waals surface area contributed by atoms with Crippen LogP contribution in [0.5, 0.6) is 0 Å². The molecule has 0 bridgehead atoms. The highest BCUT2D eigenvalue weighted by molar-refractivity contribution is 7.92. The van der Waals surface area contributed by atoms with E-state index in [1.165, 1.54) is 28.8 Å². The van der Waals surface area contributed by atoms with E-state index in [1.54, 1.807) is 24.4 Å². The number of aromatic nitrogens is 3. The predicted molar refractivity (Wildman–Crippen MR) is 128 cm³/mol. The zero-order chi connectivity index (χ0) is 23.0. The third-order valence-electron chi connectivity index (χ3n) is 5.27. The molecule has 4 rings (SSSR count). The Kier molecular flexibility index (Phi) is 6.35. The van der Waals surface area contributed by atoms with Gasteiger partial charge in [0.25, 0.3) is 0 Å². The molecular weight excluding hydrogens is 472 g/mol. The largest absolute Gasteiger partial charge is 0.306 e. The Bertz CT molecular complexity index is 1270. The minimum atomic E-state index is -3.58. The molecule has 0 radical (unpaired) electrons. The standard InChI is InChI=1S/C20H23ClN6O3S2/c1-12(28)23-20-25-16-5-4-15(24-19(16)31-20)13-10-17(18(21)22-11-13)27(32(3,29)30)14-6-8-26(2)9-7-14/h4-5,10-11,14H,6-9H2,1-3H3,(H,23,25,28). The van der Waals surface area contributed by atoms with Crippen LogP contribution in [0.15, 0.2) is 24.4 Å². The topological polar surface area (TPSA) is 108 Å². The summed E-state index contributed by atoms with van der Waals surface area (Å²) in [4.78, 5) is 27.4. The van der Waals surface area contributed by atoms with Crippen molar-refractivity contribution in [2.45, 2.75) is 25.8 Å². The summed E-state index contributed by atoms with van der Waals surface area (Å²) < 4.78 is 26.9. The van der Waals surface area contributed by atoms with Gasteiger partial charge in [-0.1, -0.05) is 22.9 Å². The van der Waals surface area contributed by atoms with Crippen LogP contribution in [-0.4, -0.2) is 66.6 Å². The SMILES string of the molecule is CC(=O)Nc1nc2ccc(-c3cnc(Cl)c(N(C4CCN(C)CC4)S(C)(=O)=O)c3)nc2s1. The van der Waals surface area contributed by atoms with Crippen molar-refractivity contribution < 1.29 is 13.2 Å². The first-order valence-electron chi connectivity index (χ1n) is 10.0. The van der Waals surface area contributed by atoms with E-state index in [1.807, 2.05) is 7.05 Å². The summed E-state index contributed by atoms with van der Waals surface area (Å²) in [6.45, 7) is 3.03. The van der Waals surface area contributed by atoms with Crippen LogP contribution in [0.25, 0.3) is 21.6 Å². The average molecular weight is 495 g/mol. The van der Waals surface area contributed by atoms with Crippen LogP contribution in [0.1, 0.15) is 19.8 Å². The predicted octanol–water partition coefficient (Wildman–Crippen LogP) is 3.23. The molecule has 0 spiro atoms. The maximum absolute atomic E-state index is 12.7. The molecule has 1 aliphatic rings. The highest BCUT2D eigenvalue weighted by Gasteiger charge is 2.31. The van der Waals surface area contributed by atoms with Gasteiger partial charge in [-0.05, 0) is 51.2 Å².